The highest BCUT2D eigenvalue weighted by atomic mass is 127. The van der Waals surface area contributed by atoms with Crippen molar-refractivity contribution in [3.8, 4) is 34.0 Å². The Morgan fingerprint density at radius 3 is 1.69 bits per heavy atom. The van der Waals surface area contributed by atoms with Crippen LogP contribution in [0.2, 0.25) is 0 Å². The second kappa shape index (κ2) is 9.49. The number of furan rings is 1. The molecule has 0 unspecified atom stereocenters. The van der Waals surface area contributed by atoms with Crippen molar-refractivity contribution < 1.29 is 37.7 Å². The molecule has 2 aromatic carbocycles. The van der Waals surface area contributed by atoms with Crippen molar-refractivity contribution in [2.45, 2.75) is 0 Å². The second-order valence-corrected chi connectivity index (χ2v) is 7.61. The molecule has 0 saturated heterocycles. The van der Waals surface area contributed by atoms with Crippen LogP contribution in [0, 0.1) is 14.0 Å². The maximum atomic E-state index is 8.49. The van der Waals surface area contributed by atoms with E-state index in [1.807, 2.05) is 66.7 Å². The van der Waals surface area contributed by atoms with Crippen LogP contribution < -0.4 is 18.6 Å². The van der Waals surface area contributed by atoms with E-state index >= 15 is 0 Å². The van der Waals surface area contributed by atoms with E-state index in [0.29, 0.717) is 0 Å². The van der Waals surface area contributed by atoms with E-state index in [4.69, 9.17) is 27.5 Å². The topological polar surface area (TPSA) is 117 Å². The summed E-state index contributed by atoms with van der Waals surface area (Å²) in [5, 5.41) is 0. The quantitative estimate of drug-likeness (QED) is 0.299. The summed E-state index contributed by atoms with van der Waals surface area (Å²) in [5.41, 5.74) is 3.29. The predicted molar refractivity (Wildman–Crippen MR) is 104 cm³/mol. The summed E-state index contributed by atoms with van der Waals surface area (Å²) in [6.07, 6.45) is 0. The molecule has 0 radical (unpaired) electrons. The summed E-state index contributed by atoms with van der Waals surface area (Å²) >= 11 is 2.16. The zero-order valence-corrected chi connectivity index (χ0v) is 17.7. The third kappa shape index (κ3) is 6.64. The molecule has 0 spiro atoms. The average Bonchev–Trinajstić information content (AvgIpc) is 3.14. The summed E-state index contributed by atoms with van der Waals surface area (Å²) in [6, 6.07) is 28.4. The molecule has 0 aliphatic heterocycles. The molecule has 29 heavy (non-hydrogen) atoms. The molecule has 0 bridgehead atoms. The zero-order chi connectivity index (χ0) is 20.9. The lowest BCUT2D eigenvalue weighted by Gasteiger charge is -2.17. The summed E-state index contributed by atoms with van der Waals surface area (Å²) in [4.78, 5) is 0. The Labute approximate surface area is 182 Å². The van der Waals surface area contributed by atoms with Crippen LogP contribution in [0.3, 0.4) is 0 Å². The summed E-state index contributed by atoms with van der Waals surface area (Å²) < 4.78 is 46.7. The first-order valence-electron chi connectivity index (χ1n) is 8.26. The molecular formula is C21H14ClIO6. The van der Waals surface area contributed by atoms with Crippen molar-refractivity contribution in [1.29, 1.82) is 0 Å². The molecule has 0 aliphatic carbocycles. The lowest BCUT2D eigenvalue weighted by atomic mass is 10.0. The highest BCUT2D eigenvalue weighted by Crippen LogP contribution is 2.33. The van der Waals surface area contributed by atoms with Gasteiger partial charge in [-0.1, -0.05) is 48.5 Å². The maximum absolute atomic E-state index is 8.49. The number of hydrogen-bond acceptors (Lipinski definition) is 5. The highest BCUT2D eigenvalue weighted by molar-refractivity contribution is 14.1. The highest BCUT2D eigenvalue weighted by Gasteiger charge is 2.22. The first kappa shape index (κ1) is 21.4. The number of rotatable bonds is 3. The Balaban J connectivity index is 0.000000431. The monoisotopic (exact) mass is 524 g/mol. The van der Waals surface area contributed by atoms with Crippen molar-refractivity contribution in [2.24, 2.45) is 0 Å². The van der Waals surface area contributed by atoms with Crippen LogP contribution in [0.5, 0.6) is 0 Å². The summed E-state index contributed by atoms with van der Waals surface area (Å²) in [6.45, 7) is 0. The molecular weight excluding hydrogens is 511 g/mol. The first-order chi connectivity index (χ1) is 13.8. The molecule has 0 amide bonds. The van der Waals surface area contributed by atoms with Gasteiger partial charge in [0, 0.05) is 5.56 Å². The van der Waals surface area contributed by atoms with Gasteiger partial charge in [-0.25, -0.2) is 23.1 Å². The molecule has 0 saturated carbocycles. The van der Waals surface area contributed by atoms with Gasteiger partial charge in [0.15, 0.2) is 3.77 Å². The Morgan fingerprint density at radius 1 is 0.655 bits per heavy atom. The molecule has 2 aromatic heterocycles. The Kier molecular flexibility index (Phi) is 7.01. The molecule has 0 atom stereocenters. The Bertz CT molecular complexity index is 998. The predicted octanol–water partition coefficient (Wildman–Crippen LogP) is 2.00. The molecule has 0 aliphatic rings. The van der Waals surface area contributed by atoms with Gasteiger partial charge in [0.05, 0.1) is 17.7 Å². The Morgan fingerprint density at radius 2 is 1.17 bits per heavy atom. The summed E-state index contributed by atoms with van der Waals surface area (Å²) in [5.74, 6) is 2.27. The number of halogens is 2. The van der Waals surface area contributed by atoms with Crippen LogP contribution in [0.25, 0.3) is 34.0 Å². The van der Waals surface area contributed by atoms with E-state index in [0.717, 1.165) is 37.7 Å². The van der Waals surface area contributed by atoms with Crippen LogP contribution in [0.1, 0.15) is 0 Å². The van der Waals surface area contributed by atoms with Crippen molar-refractivity contribution in [1.82, 2.24) is 0 Å². The lowest BCUT2D eigenvalue weighted by molar-refractivity contribution is -2.00. The largest absolute Gasteiger partial charge is 0.441 e. The smallest absolute Gasteiger partial charge is 0.396 e. The van der Waals surface area contributed by atoms with Gasteiger partial charge in [0.1, 0.15) is 0 Å². The molecule has 0 N–H and O–H groups in total. The van der Waals surface area contributed by atoms with Gasteiger partial charge in [0.2, 0.25) is 5.76 Å². The van der Waals surface area contributed by atoms with Crippen molar-refractivity contribution in [3.63, 3.8) is 0 Å². The van der Waals surface area contributed by atoms with E-state index in [1.165, 1.54) is 0 Å². The van der Waals surface area contributed by atoms with Gasteiger partial charge in [-0.15, -0.1) is 10.2 Å². The molecule has 0 fully saturated rings. The normalized spacial score (nSPS) is 10.9. The average molecular weight is 525 g/mol. The minimum atomic E-state index is -4.94. The van der Waals surface area contributed by atoms with E-state index in [9.17, 15) is 0 Å². The van der Waals surface area contributed by atoms with Crippen LogP contribution in [-0.4, -0.2) is 0 Å². The minimum absolute atomic E-state index is 0.720. The Hall–Kier alpha value is -2.27. The maximum Gasteiger partial charge on any atom is 0.396 e. The van der Waals surface area contributed by atoms with Gasteiger partial charge in [-0.05, 0) is 52.4 Å². The standard InChI is InChI=1S/C21H14IO2.ClHO4/c22-21-12-11-18(24-21)20-14-17(15-7-3-1-4-8-15)13-19(23-20)16-9-5-2-6-10-16;2-1(3,4)5/h1-14H;(H,2,3,4,5)/q+1;/p-1. The molecule has 4 aromatic rings. The fourth-order valence-electron chi connectivity index (χ4n) is 2.61. The van der Waals surface area contributed by atoms with Gasteiger partial charge in [0.25, 0.3) is 0 Å². The minimum Gasteiger partial charge on any atom is -0.441 e. The van der Waals surface area contributed by atoms with E-state index < -0.39 is 10.2 Å². The van der Waals surface area contributed by atoms with Gasteiger partial charge < -0.3 is 4.42 Å². The second-order valence-electron chi connectivity index (χ2n) is 5.79. The number of benzene rings is 2. The van der Waals surface area contributed by atoms with E-state index in [2.05, 4.69) is 40.8 Å². The van der Waals surface area contributed by atoms with Crippen LogP contribution >= 0.6 is 22.6 Å². The number of hydrogen-bond donors (Lipinski definition) is 0. The molecule has 2 heterocycles. The summed E-state index contributed by atoms with van der Waals surface area (Å²) in [7, 11) is -4.94. The van der Waals surface area contributed by atoms with E-state index in [-0.39, 0.29) is 0 Å². The van der Waals surface area contributed by atoms with Crippen LogP contribution in [-0.2, 0) is 0 Å². The molecule has 6 nitrogen and oxygen atoms in total. The molecule has 148 valence electrons. The van der Waals surface area contributed by atoms with Crippen LogP contribution in [0.15, 0.2) is 93.8 Å². The first-order valence-corrected chi connectivity index (χ1v) is 10.6. The van der Waals surface area contributed by atoms with Crippen LogP contribution in [0.4, 0.5) is 0 Å². The van der Waals surface area contributed by atoms with E-state index in [1.54, 1.807) is 0 Å². The lowest BCUT2D eigenvalue weighted by Crippen LogP contribution is -2.68. The molecule has 8 heteroatoms. The van der Waals surface area contributed by atoms with Gasteiger partial charge >= 0.3 is 11.5 Å². The van der Waals surface area contributed by atoms with Gasteiger partial charge in [-0.2, -0.15) is 0 Å². The van der Waals surface area contributed by atoms with Crippen molar-refractivity contribution in [2.75, 3.05) is 0 Å². The fourth-order valence-corrected chi connectivity index (χ4v) is 3.03. The third-order valence-electron chi connectivity index (χ3n) is 3.77. The van der Waals surface area contributed by atoms with Gasteiger partial charge in [-0.3, -0.25) is 0 Å². The molecule has 4 rings (SSSR count). The SMILES string of the molecule is Ic1ccc(-c2cc(-c3ccccc3)cc(-c3ccccc3)[o+]2)o1.[O-][Cl+3]([O-])([O-])[O-]. The van der Waals surface area contributed by atoms with Crippen molar-refractivity contribution in [3.05, 3.63) is 88.7 Å². The van der Waals surface area contributed by atoms with Crippen molar-refractivity contribution >= 4 is 22.6 Å². The fraction of sp³-hybridized carbons (Fsp3) is 0. The third-order valence-corrected chi connectivity index (χ3v) is 4.35. The zero-order valence-electron chi connectivity index (χ0n) is 14.8.